The van der Waals surface area contributed by atoms with Gasteiger partial charge in [0.1, 0.15) is 0 Å². The second-order valence-electron chi connectivity index (χ2n) is 8.52. The molecule has 0 spiro atoms. The largest absolute Gasteiger partial charge is 0.243 e. The molecular formula is C28H29BrN4O2S2. The molecule has 0 bridgehead atoms. The third-order valence-corrected chi connectivity index (χ3v) is 9.28. The molecule has 9 heteroatoms. The quantitative estimate of drug-likeness (QED) is 0.225. The van der Waals surface area contributed by atoms with Crippen LogP contribution in [0.4, 0.5) is 5.13 Å². The summed E-state index contributed by atoms with van der Waals surface area (Å²) < 4.78 is 27.1. The van der Waals surface area contributed by atoms with E-state index in [-0.39, 0.29) is 23.0 Å². The number of thiazole rings is 1. The predicted octanol–water partition coefficient (Wildman–Crippen LogP) is 6.77. The molecule has 0 amide bonds. The summed E-state index contributed by atoms with van der Waals surface area (Å²) in [5.41, 5.74) is 5.01. The van der Waals surface area contributed by atoms with Crippen molar-refractivity contribution in [3.8, 4) is 11.3 Å². The first-order valence-corrected chi connectivity index (χ1v) is 14.4. The van der Waals surface area contributed by atoms with Crippen LogP contribution in [0.2, 0.25) is 0 Å². The van der Waals surface area contributed by atoms with Gasteiger partial charge in [0.2, 0.25) is 15.2 Å². The maximum absolute atomic E-state index is 12.8. The van der Waals surface area contributed by atoms with Gasteiger partial charge in [-0.25, -0.2) is 18.4 Å². The summed E-state index contributed by atoms with van der Waals surface area (Å²) in [4.78, 5) is 5.20. The summed E-state index contributed by atoms with van der Waals surface area (Å²) in [6.45, 7) is 4.58. The molecule has 1 atom stereocenters. The fourth-order valence-electron chi connectivity index (χ4n) is 4.44. The van der Waals surface area contributed by atoms with Gasteiger partial charge in [0, 0.05) is 30.5 Å². The van der Waals surface area contributed by atoms with Gasteiger partial charge in [-0.2, -0.15) is 9.41 Å². The van der Waals surface area contributed by atoms with Crippen molar-refractivity contribution >= 4 is 49.2 Å². The summed E-state index contributed by atoms with van der Waals surface area (Å²) >= 11 is 1.54. The Morgan fingerprint density at radius 3 is 2.14 bits per heavy atom. The van der Waals surface area contributed by atoms with Gasteiger partial charge in [0.05, 0.1) is 22.3 Å². The Balaban J connectivity index is 0.00000320. The van der Waals surface area contributed by atoms with Crippen LogP contribution in [0.1, 0.15) is 37.4 Å². The molecule has 2 heterocycles. The van der Waals surface area contributed by atoms with Crippen molar-refractivity contribution in [2.24, 2.45) is 5.10 Å². The highest BCUT2D eigenvalue weighted by Crippen LogP contribution is 2.39. The smallest absolute Gasteiger partial charge is 0.231 e. The van der Waals surface area contributed by atoms with Gasteiger partial charge in [0.25, 0.3) is 0 Å². The predicted molar refractivity (Wildman–Crippen MR) is 157 cm³/mol. The van der Waals surface area contributed by atoms with Crippen LogP contribution >= 0.6 is 28.3 Å². The molecule has 6 nitrogen and oxygen atoms in total. The third-order valence-electron chi connectivity index (χ3n) is 6.38. The number of hydrogen-bond acceptors (Lipinski definition) is 6. The average Bonchev–Trinajstić information content (AvgIpc) is 3.58. The molecule has 0 radical (unpaired) electrons. The van der Waals surface area contributed by atoms with Crippen LogP contribution < -0.4 is 5.01 Å². The van der Waals surface area contributed by atoms with E-state index in [2.05, 4.69) is 36.4 Å². The molecule has 1 aliphatic rings. The zero-order valence-electron chi connectivity index (χ0n) is 20.7. The number of rotatable bonds is 8. The minimum atomic E-state index is -3.49. The fourth-order valence-corrected chi connectivity index (χ4v) is 6.73. The molecule has 1 aliphatic heterocycles. The van der Waals surface area contributed by atoms with Crippen molar-refractivity contribution in [2.75, 3.05) is 18.1 Å². The summed E-state index contributed by atoms with van der Waals surface area (Å²) in [6.07, 6.45) is 0.793. The summed E-state index contributed by atoms with van der Waals surface area (Å²) in [7, 11) is -3.49. The Morgan fingerprint density at radius 2 is 1.51 bits per heavy atom. The number of hydrazone groups is 1. The standard InChI is InChI=1S/C28H28N4O2S2.BrH/c1-3-31(4-2)36(33,34)24-17-15-22(16-18-24)26-20-35-28(29-26)32-27(23-13-9-6-10-14-23)19-25(30-32)21-11-7-5-8-12-21;/h5-18,20,27H,3-4,19H2,1-2H3;1H. The van der Waals surface area contributed by atoms with Crippen LogP contribution in [0.15, 0.2) is 100 Å². The van der Waals surface area contributed by atoms with E-state index in [1.807, 2.05) is 60.6 Å². The first-order valence-electron chi connectivity index (χ1n) is 12.0. The molecule has 1 aromatic heterocycles. The minimum Gasteiger partial charge on any atom is -0.231 e. The van der Waals surface area contributed by atoms with Gasteiger partial charge in [-0.15, -0.1) is 28.3 Å². The molecule has 5 rings (SSSR count). The van der Waals surface area contributed by atoms with E-state index in [0.29, 0.717) is 18.0 Å². The number of nitrogens with zero attached hydrogens (tertiary/aromatic N) is 4. The molecule has 1 unspecified atom stereocenters. The lowest BCUT2D eigenvalue weighted by atomic mass is 9.99. The molecule has 3 aromatic carbocycles. The van der Waals surface area contributed by atoms with E-state index in [0.717, 1.165) is 34.1 Å². The topological polar surface area (TPSA) is 65.9 Å². The summed E-state index contributed by atoms with van der Waals surface area (Å²) in [5, 5.41) is 9.82. The first kappa shape index (κ1) is 27.2. The van der Waals surface area contributed by atoms with E-state index < -0.39 is 10.0 Å². The molecule has 0 saturated heterocycles. The highest BCUT2D eigenvalue weighted by Gasteiger charge is 2.31. The van der Waals surface area contributed by atoms with E-state index in [1.165, 1.54) is 9.87 Å². The zero-order chi connectivity index (χ0) is 25.1. The zero-order valence-corrected chi connectivity index (χ0v) is 24.0. The van der Waals surface area contributed by atoms with Gasteiger partial charge in [-0.3, -0.25) is 0 Å². The Morgan fingerprint density at radius 1 is 0.892 bits per heavy atom. The Labute approximate surface area is 233 Å². The number of benzene rings is 3. The summed E-state index contributed by atoms with van der Waals surface area (Å²) in [5.74, 6) is 0. The average molecular weight is 598 g/mol. The Hall–Kier alpha value is -2.85. The Kier molecular flexibility index (Phi) is 8.59. The maximum Gasteiger partial charge on any atom is 0.243 e. The second kappa shape index (κ2) is 11.7. The highest BCUT2D eigenvalue weighted by molar-refractivity contribution is 8.93. The number of aromatic nitrogens is 1. The van der Waals surface area contributed by atoms with E-state index >= 15 is 0 Å². The van der Waals surface area contributed by atoms with Crippen LogP contribution in [-0.2, 0) is 10.0 Å². The SMILES string of the molecule is Br.CCN(CC)S(=O)(=O)c1ccc(-c2csc(N3N=C(c4ccccc4)CC3c3ccccc3)n2)cc1. The lowest BCUT2D eigenvalue weighted by molar-refractivity contribution is 0.445. The molecule has 192 valence electrons. The van der Waals surface area contributed by atoms with Gasteiger partial charge < -0.3 is 0 Å². The van der Waals surface area contributed by atoms with Crippen LogP contribution in [0, 0.1) is 0 Å². The van der Waals surface area contributed by atoms with E-state index in [1.54, 1.807) is 23.5 Å². The van der Waals surface area contributed by atoms with Gasteiger partial charge >= 0.3 is 0 Å². The van der Waals surface area contributed by atoms with Crippen molar-refractivity contribution in [3.05, 3.63) is 101 Å². The molecular weight excluding hydrogens is 568 g/mol. The number of sulfonamides is 1. The lowest BCUT2D eigenvalue weighted by Gasteiger charge is -2.21. The van der Waals surface area contributed by atoms with Crippen LogP contribution in [0.25, 0.3) is 11.3 Å². The molecule has 4 aromatic rings. The molecule has 37 heavy (non-hydrogen) atoms. The van der Waals surface area contributed by atoms with Crippen LogP contribution in [0.3, 0.4) is 0 Å². The highest BCUT2D eigenvalue weighted by atomic mass is 79.9. The fraction of sp³-hybridized carbons (Fsp3) is 0.214. The van der Waals surface area contributed by atoms with E-state index in [4.69, 9.17) is 10.1 Å². The molecule has 0 aliphatic carbocycles. The van der Waals surface area contributed by atoms with Crippen molar-refractivity contribution < 1.29 is 8.42 Å². The van der Waals surface area contributed by atoms with Crippen LogP contribution in [0.5, 0.6) is 0 Å². The number of hydrogen-bond donors (Lipinski definition) is 0. The van der Waals surface area contributed by atoms with Gasteiger partial charge in [-0.05, 0) is 23.3 Å². The minimum absolute atomic E-state index is 0. The molecule has 0 fully saturated rings. The third kappa shape index (κ3) is 5.55. The maximum atomic E-state index is 12.8. The van der Waals surface area contributed by atoms with Crippen molar-refractivity contribution in [1.29, 1.82) is 0 Å². The van der Waals surface area contributed by atoms with Crippen molar-refractivity contribution in [2.45, 2.75) is 31.2 Å². The monoisotopic (exact) mass is 596 g/mol. The number of anilines is 1. The van der Waals surface area contributed by atoms with Crippen molar-refractivity contribution in [1.82, 2.24) is 9.29 Å². The summed E-state index contributed by atoms with van der Waals surface area (Å²) in [6, 6.07) is 27.7. The van der Waals surface area contributed by atoms with E-state index in [9.17, 15) is 8.42 Å². The second-order valence-corrected chi connectivity index (χ2v) is 11.3. The van der Waals surface area contributed by atoms with Gasteiger partial charge in [0.15, 0.2) is 0 Å². The molecule has 0 saturated carbocycles. The first-order chi connectivity index (χ1) is 17.5. The lowest BCUT2D eigenvalue weighted by Crippen LogP contribution is -2.30. The Bertz CT molecular complexity index is 1450. The normalized spacial score (nSPS) is 15.5. The van der Waals surface area contributed by atoms with Crippen LogP contribution in [-0.4, -0.2) is 36.5 Å². The number of halogens is 1. The molecule has 0 N–H and O–H groups in total. The van der Waals surface area contributed by atoms with Crippen molar-refractivity contribution in [3.63, 3.8) is 0 Å². The van der Waals surface area contributed by atoms with Gasteiger partial charge in [-0.1, -0.05) is 86.6 Å².